The number of hydrogen-bond donors (Lipinski definition) is 0. The topological polar surface area (TPSA) is 77.1 Å². The Labute approximate surface area is 146 Å². The highest BCUT2D eigenvalue weighted by molar-refractivity contribution is 6.53. The Hall–Kier alpha value is -0.103. The van der Waals surface area contributed by atoms with E-state index in [4.69, 9.17) is 36.7 Å². The summed E-state index contributed by atoms with van der Waals surface area (Å²) in [5, 5.41) is 0. The molecule has 0 aromatic carbocycles. The Morgan fingerprint density at radius 2 is 1.29 bits per heavy atom. The smallest absolute Gasteiger partial charge is 0.371 e. The second-order valence-electron chi connectivity index (χ2n) is 4.90. The lowest BCUT2D eigenvalue weighted by molar-refractivity contribution is -0.388. The van der Waals surface area contributed by atoms with Gasteiger partial charge in [-0.05, 0) is 34.6 Å². The van der Waals surface area contributed by atoms with Crippen LogP contribution in [0.5, 0.6) is 0 Å². The van der Waals surface area contributed by atoms with Crippen LogP contribution in [-0.4, -0.2) is 74.0 Å². The zero-order valence-electron chi connectivity index (χ0n) is 15.5. The summed E-state index contributed by atoms with van der Waals surface area (Å²) >= 11 is 0. The van der Waals surface area contributed by atoms with Gasteiger partial charge in [-0.2, -0.15) is 0 Å². The van der Waals surface area contributed by atoms with Gasteiger partial charge in [0.2, 0.25) is 0 Å². The molecule has 0 aromatic heterocycles. The molecule has 0 amide bonds. The highest BCUT2D eigenvalue weighted by atomic mass is 28.4. The average molecular weight is 368 g/mol. The molecule has 24 heavy (non-hydrogen) atoms. The molecule has 1 aliphatic rings. The van der Waals surface area contributed by atoms with E-state index in [-0.39, 0.29) is 12.7 Å². The van der Waals surface area contributed by atoms with E-state index in [0.29, 0.717) is 46.2 Å². The number of hydrogen-bond acceptors (Lipinski definition) is 8. The molecule has 0 N–H and O–H groups in total. The molecule has 1 unspecified atom stereocenters. The third-order valence-electron chi connectivity index (χ3n) is 3.01. The van der Waals surface area contributed by atoms with Gasteiger partial charge < -0.3 is 36.7 Å². The van der Waals surface area contributed by atoms with Gasteiger partial charge in [0.1, 0.15) is 12.7 Å². The first-order valence-electron chi connectivity index (χ1n) is 8.68. The van der Waals surface area contributed by atoms with Crippen molar-refractivity contribution in [1.82, 2.24) is 0 Å². The van der Waals surface area contributed by atoms with Crippen molar-refractivity contribution in [3.05, 3.63) is 0 Å². The maximum Gasteiger partial charge on any atom is 0.680 e. The van der Waals surface area contributed by atoms with Gasteiger partial charge in [-0.1, -0.05) is 0 Å². The molecule has 0 aromatic rings. The molecule has 0 bridgehead atoms. The van der Waals surface area contributed by atoms with Gasteiger partial charge in [-0.25, -0.2) is 0 Å². The Kier molecular flexibility index (Phi) is 10.5. The first kappa shape index (κ1) is 21.9. The predicted molar refractivity (Wildman–Crippen MR) is 88.3 cm³/mol. The van der Waals surface area contributed by atoms with Crippen LogP contribution in [0.2, 0.25) is 0 Å². The summed E-state index contributed by atoms with van der Waals surface area (Å²) in [6.45, 7) is 12.4. The molecule has 1 heterocycles. The van der Waals surface area contributed by atoms with Crippen molar-refractivity contribution in [1.29, 1.82) is 0 Å². The monoisotopic (exact) mass is 368 g/mol. The summed E-state index contributed by atoms with van der Waals surface area (Å²) in [5.41, 5.74) is 0. The molecule has 9 heteroatoms. The third-order valence-corrected chi connectivity index (χ3v) is 5.31. The van der Waals surface area contributed by atoms with E-state index >= 15 is 0 Å². The molecule has 144 valence electrons. The number of rotatable bonds is 16. The van der Waals surface area contributed by atoms with E-state index in [1.165, 1.54) is 0 Å². The van der Waals surface area contributed by atoms with Gasteiger partial charge in [-0.15, -0.1) is 0 Å². The molecule has 0 radical (unpaired) electrons. The Bertz CT molecular complexity index is 304. The maximum atomic E-state index is 5.95. The fourth-order valence-electron chi connectivity index (χ4n) is 2.05. The third kappa shape index (κ3) is 7.42. The summed E-state index contributed by atoms with van der Waals surface area (Å²) in [6.07, 6.45) is 0.0804. The molecule has 0 spiro atoms. The van der Waals surface area contributed by atoms with Crippen LogP contribution in [0.3, 0.4) is 0 Å². The normalized spacial score (nSPS) is 18.1. The van der Waals surface area contributed by atoms with Crippen LogP contribution < -0.4 is 0 Å². The van der Waals surface area contributed by atoms with Gasteiger partial charge in [0.15, 0.2) is 0 Å². The molecule has 1 saturated heterocycles. The summed E-state index contributed by atoms with van der Waals surface area (Å²) in [6, 6.07) is 0. The highest BCUT2D eigenvalue weighted by Gasteiger charge is 2.50. The van der Waals surface area contributed by atoms with Crippen LogP contribution in [0.4, 0.5) is 0 Å². The lowest BCUT2D eigenvalue weighted by Gasteiger charge is -2.35. The van der Waals surface area contributed by atoms with E-state index in [0.717, 1.165) is 0 Å². The molecule has 1 atom stereocenters. The Balaban J connectivity index is 2.78. The van der Waals surface area contributed by atoms with Crippen molar-refractivity contribution in [2.24, 2.45) is 0 Å². The minimum atomic E-state index is -3.34. The lowest BCUT2D eigenvalue weighted by atomic mass is 10.5. The molecule has 0 aliphatic carbocycles. The highest BCUT2D eigenvalue weighted by Crippen LogP contribution is 2.22. The second-order valence-corrected chi connectivity index (χ2v) is 7.06. The quantitative estimate of drug-likeness (QED) is 0.231. The van der Waals surface area contributed by atoms with Crippen molar-refractivity contribution in [3.8, 4) is 0 Å². The van der Waals surface area contributed by atoms with Crippen LogP contribution in [0.1, 0.15) is 34.6 Å². The van der Waals surface area contributed by atoms with Crippen molar-refractivity contribution >= 4 is 9.05 Å². The average Bonchev–Trinajstić information content (AvgIpc) is 3.37. The number of epoxide rings is 1. The maximum absolute atomic E-state index is 5.95. The Morgan fingerprint density at radius 1 is 0.792 bits per heavy atom. The standard InChI is InChI=1S/C15H32O8Si/c1-6-17-15(18-7-2,19-8-3)13-23-24(20-9-4,21-10-5)22-12-14-11-16-14/h14H,6-13H2,1-5H3. The molecular formula is C15H32O8Si. The molecule has 1 aliphatic heterocycles. The van der Waals surface area contributed by atoms with E-state index in [9.17, 15) is 0 Å². The van der Waals surface area contributed by atoms with Gasteiger partial charge >= 0.3 is 15.0 Å². The zero-order valence-corrected chi connectivity index (χ0v) is 16.5. The summed E-state index contributed by atoms with van der Waals surface area (Å²) in [5.74, 6) is -1.30. The van der Waals surface area contributed by atoms with Crippen molar-refractivity contribution in [2.75, 3.05) is 52.9 Å². The van der Waals surface area contributed by atoms with E-state index in [1.807, 2.05) is 34.6 Å². The van der Waals surface area contributed by atoms with Crippen molar-refractivity contribution in [2.45, 2.75) is 46.7 Å². The molecule has 1 rings (SSSR count). The van der Waals surface area contributed by atoms with E-state index in [1.54, 1.807) is 0 Å². The van der Waals surface area contributed by atoms with Crippen LogP contribution in [0.25, 0.3) is 0 Å². The van der Waals surface area contributed by atoms with E-state index < -0.39 is 15.0 Å². The SMILES string of the molecule is CCOC(CO[Si](OCC)(OCC)OCC1CO1)(OCC)OCC. The lowest BCUT2D eigenvalue weighted by Crippen LogP contribution is -2.55. The number of ether oxygens (including phenoxy) is 4. The first-order chi connectivity index (χ1) is 11.6. The molecule has 0 saturated carbocycles. The Morgan fingerprint density at radius 3 is 1.67 bits per heavy atom. The van der Waals surface area contributed by atoms with Crippen LogP contribution >= 0.6 is 0 Å². The molecular weight excluding hydrogens is 336 g/mol. The fraction of sp³-hybridized carbons (Fsp3) is 1.00. The molecule has 1 fully saturated rings. The van der Waals surface area contributed by atoms with Crippen LogP contribution in [-0.2, 0) is 36.7 Å². The van der Waals surface area contributed by atoms with Gasteiger partial charge in [0.25, 0.3) is 0 Å². The van der Waals surface area contributed by atoms with Gasteiger partial charge in [0.05, 0.1) is 13.2 Å². The summed E-state index contributed by atoms with van der Waals surface area (Å²) in [7, 11) is -3.34. The first-order valence-corrected chi connectivity index (χ1v) is 10.3. The van der Waals surface area contributed by atoms with Crippen molar-refractivity contribution in [3.63, 3.8) is 0 Å². The van der Waals surface area contributed by atoms with Crippen molar-refractivity contribution < 1.29 is 36.7 Å². The van der Waals surface area contributed by atoms with Gasteiger partial charge in [-0.3, -0.25) is 0 Å². The minimum Gasteiger partial charge on any atom is -0.371 e. The second kappa shape index (κ2) is 11.5. The van der Waals surface area contributed by atoms with Gasteiger partial charge in [0, 0.05) is 33.0 Å². The minimum absolute atomic E-state index is 0.0136. The van der Waals surface area contributed by atoms with Crippen LogP contribution in [0, 0.1) is 0 Å². The van der Waals surface area contributed by atoms with E-state index in [2.05, 4.69) is 0 Å². The van der Waals surface area contributed by atoms with Crippen LogP contribution in [0.15, 0.2) is 0 Å². The summed E-state index contributed by atoms with van der Waals surface area (Å²) < 4.78 is 45.4. The predicted octanol–water partition coefficient (Wildman–Crippen LogP) is 1.69. The largest absolute Gasteiger partial charge is 0.680 e. The summed E-state index contributed by atoms with van der Waals surface area (Å²) in [4.78, 5) is 0. The molecule has 8 nitrogen and oxygen atoms in total. The zero-order chi connectivity index (χ0) is 17.9. The fourth-order valence-corrected chi connectivity index (χ4v) is 4.00.